The highest BCUT2D eigenvalue weighted by Crippen LogP contribution is 2.07. The minimum atomic E-state index is -0.533. The van der Waals surface area contributed by atoms with Crippen molar-refractivity contribution in [3.05, 3.63) is 28.5 Å². The third-order valence-corrected chi connectivity index (χ3v) is 2.20. The lowest BCUT2D eigenvalue weighted by Gasteiger charge is -2.05. The molecule has 1 rings (SSSR count). The van der Waals surface area contributed by atoms with E-state index in [0.29, 0.717) is 16.7 Å². The molecule has 0 unspecified atom stereocenters. The van der Waals surface area contributed by atoms with E-state index >= 15 is 0 Å². The van der Waals surface area contributed by atoms with E-state index < -0.39 is 5.91 Å². The van der Waals surface area contributed by atoms with Gasteiger partial charge in [0.05, 0.1) is 6.61 Å². The van der Waals surface area contributed by atoms with E-state index in [2.05, 4.69) is 26.2 Å². The molecule has 1 aromatic rings. The molecule has 1 aromatic heterocycles. The average Bonchev–Trinajstić information content (AvgIpc) is 2.28. The Morgan fingerprint density at radius 2 is 2.29 bits per heavy atom. The van der Waals surface area contributed by atoms with Crippen LogP contribution in [0, 0.1) is 0 Å². The lowest BCUT2D eigenvalue weighted by atomic mass is 10.2. The van der Waals surface area contributed by atoms with Crippen LogP contribution in [0.25, 0.3) is 0 Å². The summed E-state index contributed by atoms with van der Waals surface area (Å²) in [5.41, 5.74) is 5.38. The molecule has 7 heteroatoms. The van der Waals surface area contributed by atoms with Crippen LogP contribution >= 0.6 is 15.9 Å². The second kappa shape index (κ2) is 6.97. The summed E-state index contributed by atoms with van der Waals surface area (Å²) in [6.07, 6.45) is 1.53. The number of primary amides is 1. The minimum absolute atomic E-state index is 0.142. The van der Waals surface area contributed by atoms with E-state index in [4.69, 9.17) is 10.5 Å². The van der Waals surface area contributed by atoms with Gasteiger partial charge in [-0.1, -0.05) is 0 Å². The Morgan fingerprint density at radius 3 is 2.94 bits per heavy atom. The van der Waals surface area contributed by atoms with Crippen molar-refractivity contribution >= 4 is 27.7 Å². The Kier molecular flexibility index (Phi) is 5.58. The summed E-state index contributed by atoms with van der Waals surface area (Å²) in [5.74, 6) is -0.759. The van der Waals surface area contributed by atoms with E-state index in [9.17, 15) is 9.59 Å². The SMILES string of the molecule is NC(=O)COCCNC(=O)c1ccnc(Br)c1. The number of hydrogen-bond acceptors (Lipinski definition) is 4. The van der Waals surface area contributed by atoms with Gasteiger partial charge in [-0.05, 0) is 28.1 Å². The number of carbonyl (C=O) groups excluding carboxylic acids is 2. The summed E-state index contributed by atoms with van der Waals surface area (Å²) in [6.45, 7) is 0.406. The van der Waals surface area contributed by atoms with Crippen LogP contribution in [0.4, 0.5) is 0 Å². The Bertz CT molecular complexity index is 412. The highest BCUT2D eigenvalue weighted by atomic mass is 79.9. The predicted octanol–water partition coefficient (Wildman–Crippen LogP) is 0.0758. The number of carbonyl (C=O) groups is 2. The number of amides is 2. The highest BCUT2D eigenvalue weighted by Gasteiger charge is 2.05. The van der Waals surface area contributed by atoms with Crippen LogP contribution in [-0.2, 0) is 9.53 Å². The standard InChI is InChI=1S/C10H12BrN3O3/c11-8-5-7(1-2-13-8)10(16)14-3-4-17-6-9(12)15/h1-2,5H,3-4,6H2,(H2,12,15)(H,14,16). The fourth-order valence-electron chi connectivity index (χ4n) is 1.06. The molecule has 17 heavy (non-hydrogen) atoms. The summed E-state index contributed by atoms with van der Waals surface area (Å²) in [4.78, 5) is 25.9. The molecule has 0 fully saturated rings. The molecule has 0 aliphatic carbocycles. The first-order valence-electron chi connectivity index (χ1n) is 4.85. The van der Waals surface area contributed by atoms with E-state index in [1.54, 1.807) is 12.1 Å². The molecule has 0 aliphatic heterocycles. The number of rotatable bonds is 6. The minimum Gasteiger partial charge on any atom is -0.370 e. The molecule has 92 valence electrons. The quantitative estimate of drug-likeness (QED) is 0.574. The smallest absolute Gasteiger partial charge is 0.251 e. The summed E-state index contributed by atoms with van der Waals surface area (Å²) in [5, 5.41) is 2.64. The van der Waals surface area contributed by atoms with Crippen LogP contribution in [0.2, 0.25) is 0 Å². The number of pyridine rings is 1. The van der Waals surface area contributed by atoms with Crippen molar-refractivity contribution in [2.45, 2.75) is 0 Å². The van der Waals surface area contributed by atoms with Crippen molar-refractivity contribution < 1.29 is 14.3 Å². The van der Waals surface area contributed by atoms with Gasteiger partial charge in [0.15, 0.2) is 0 Å². The molecule has 0 aromatic carbocycles. The molecule has 0 radical (unpaired) electrons. The number of hydrogen-bond donors (Lipinski definition) is 2. The van der Waals surface area contributed by atoms with Crippen LogP contribution in [0.5, 0.6) is 0 Å². The largest absolute Gasteiger partial charge is 0.370 e. The first kappa shape index (κ1) is 13.6. The first-order chi connectivity index (χ1) is 8.09. The number of halogens is 1. The predicted molar refractivity (Wildman–Crippen MR) is 64.3 cm³/mol. The summed E-state index contributed by atoms with van der Waals surface area (Å²) in [7, 11) is 0. The third kappa shape index (κ3) is 5.41. The second-order valence-electron chi connectivity index (χ2n) is 3.14. The molecule has 6 nitrogen and oxygen atoms in total. The Labute approximate surface area is 107 Å². The molecule has 0 aliphatic rings. The van der Waals surface area contributed by atoms with Crippen molar-refractivity contribution in [3.63, 3.8) is 0 Å². The third-order valence-electron chi connectivity index (χ3n) is 1.77. The summed E-state index contributed by atoms with van der Waals surface area (Å²) in [6, 6.07) is 3.21. The Balaban J connectivity index is 2.28. The topological polar surface area (TPSA) is 94.3 Å². The van der Waals surface area contributed by atoms with Crippen molar-refractivity contribution in [2.24, 2.45) is 5.73 Å². The van der Waals surface area contributed by atoms with E-state index in [0.717, 1.165) is 0 Å². The molecular formula is C10H12BrN3O3. The molecule has 0 bridgehead atoms. The van der Waals surface area contributed by atoms with Crippen LogP contribution in [-0.4, -0.2) is 36.6 Å². The van der Waals surface area contributed by atoms with Gasteiger partial charge >= 0.3 is 0 Å². The van der Waals surface area contributed by atoms with Crippen LogP contribution in [0.1, 0.15) is 10.4 Å². The van der Waals surface area contributed by atoms with Gasteiger partial charge in [0.2, 0.25) is 5.91 Å². The maximum absolute atomic E-state index is 11.6. The van der Waals surface area contributed by atoms with Gasteiger partial charge in [0.25, 0.3) is 5.91 Å². The number of ether oxygens (including phenoxy) is 1. The Hall–Kier alpha value is -1.47. The van der Waals surface area contributed by atoms with E-state index in [1.165, 1.54) is 6.20 Å². The van der Waals surface area contributed by atoms with Crippen molar-refractivity contribution in [2.75, 3.05) is 19.8 Å². The molecular weight excluding hydrogens is 290 g/mol. The first-order valence-corrected chi connectivity index (χ1v) is 5.64. The van der Waals surface area contributed by atoms with E-state index in [-0.39, 0.29) is 19.1 Å². The maximum Gasteiger partial charge on any atom is 0.251 e. The monoisotopic (exact) mass is 301 g/mol. The van der Waals surface area contributed by atoms with Gasteiger partial charge < -0.3 is 15.8 Å². The zero-order valence-electron chi connectivity index (χ0n) is 8.98. The summed E-state index contributed by atoms with van der Waals surface area (Å²) >= 11 is 3.17. The molecule has 0 saturated heterocycles. The normalized spacial score (nSPS) is 9.94. The molecule has 1 heterocycles. The van der Waals surface area contributed by atoms with E-state index in [1.807, 2.05) is 0 Å². The van der Waals surface area contributed by atoms with Crippen molar-refractivity contribution in [3.8, 4) is 0 Å². The number of aromatic nitrogens is 1. The van der Waals surface area contributed by atoms with Crippen LogP contribution < -0.4 is 11.1 Å². The molecule has 0 atom stereocenters. The second-order valence-corrected chi connectivity index (χ2v) is 3.95. The Morgan fingerprint density at radius 1 is 1.53 bits per heavy atom. The summed E-state index contributed by atoms with van der Waals surface area (Å²) < 4.78 is 5.49. The maximum atomic E-state index is 11.6. The lowest BCUT2D eigenvalue weighted by Crippen LogP contribution is -2.28. The van der Waals surface area contributed by atoms with Gasteiger partial charge in [-0.15, -0.1) is 0 Å². The van der Waals surface area contributed by atoms with Crippen LogP contribution in [0.15, 0.2) is 22.9 Å². The highest BCUT2D eigenvalue weighted by molar-refractivity contribution is 9.10. The molecule has 0 saturated carbocycles. The average molecular weight is 302 g/mol. The van der Waals surface area contributed by atoms with Gasteiger partial charge in [0.1, 0.15) is 11.2 Å². The molecule has 3 N–H and O–H groups in total. The molecule has 0 spiro atoms. The molecule has 2 amide bonds. The number of nitrogens with zero attached hydrogens (tertiary/aromatic N) is 1. The zero-order valence-corrected chi connectivity index (χ0v) is 10.6. The van der Waals surface area contributed by atoms with Crippen molar-refractivity contribution in [1.29, 1.82) is 0 Å². The fraction of sp³-hybridized carbons (Fsp3) is 0.300. The number of nitrogens with two attached hydrogens (primary N) is 1. The lowest BCUT2D eigenvalue weighted by molar-refractivity contribution is -0.122. The van der Waals surface area contributed by atoms with Gasteiger partial charge in [-0.3, -0.25) is 9.59 Å². The van der Waals surface area contributed by atoms with Gasteiger partial charge in [0, 0.05) is 18.3 Å². The van der Waals surface area contributed by atoms with Crippen molar-refractivity contribution in [1.82, 2.24) is 10.3 Å². The number of nitrogens with one attached hydrogen (secondary N) is 1. The van der Waals surface area contributed by atoms with Gasteiger partial charge in [-0.2, -0.15) is 0 Å². The fourth-order valence-corrected chi connectivity index (χ4v) is 1.42. The van der Waals surface area contributed by atoms with Gasteiger partial charge in [-0.25, -0.2) is 4.98 Å². The van der Waals surface area contributed by atoms with Crippen LogP contribution in [0.3, 0.4) is 0 Å². The zero-order chi connectivity index (χ0) is 12.7.